The minimum Gasteiger partial charge on any atom is -0.377 e. The monoisotopic (exact) mass is 338 g/mol. The summed E-state index contributed by atoms with van der Waals surface area (Å²) in [6.07, 6.45) is 1.30. The third-order valence-electron chi connectivity index (χ3n) is 4.43. The first-order valence-corrected chi connectivity index (χ1v) is 8.98. The highest BCUT2D eigenvalue weighted by molar-refractivity contribution is 7.18. The normalized spacial score (nSPS) is 23.0. The number of fused-ring (bicyclic) bond motifs is 1. The molecule has 0 N–H and O–H groups in total. The van der Waals surface area contributed by atoms with E-state index in [-0.39, 0.29) is 0 Å². The Kier molecular flexibility index (Phi) is 3.94. The molecule has 0 radical (unpaired) electrons. The van der Waals surface area contributed by atoms with Gasteiger partial charge in [0.05, 0.1) is 29.5 Å². The van der Waals surface area contributed by atoms with Crippen LogP contribution in [0.3, 0.4) is 0 Å². The van der Waals surface area contributed by atoms with Crippen molar-refractivity contribution in [1.29, 1.82) is 0 Å². The van der Waals surface area contributed by atoms with Crippen LogP contribution in [0, 0.1) is 0 Å². The standard InChI is InChI=1S/C15H19ClN4OS/c1-10-8-21-6-5-20(10)14-13-12(17-15(16)18-14)11(9-22-13)7-19-3-2-4-19/h9-10H,2-8H2,1H3. The number of aromatic nitrogens is 2. The molecule has 1 unspecified atom stereocenters. The number of thiophene rings is 1. The van der Waals surface area contributed by atoms with E-state index in [4.69, 9.17) is 16.3 Å². The molecular weight excluding hydrogens is 320 g/mol. The van der Waals surface area contributed by atoms with Gasteiger partial charge in [0, 0.05) is 18.7 Å². The van der Waals surface area contributed by atoms with Gasteiger partial charge in [-0.25, -0.2) is 4.98 Å². The summed E-state index contributed by atoms with van der Waals surface area (Å²) in [4.78, 5) is 13.8. The highest BCUT2D eigenvalue weighted by Gasteiger charge is 2.25. The third-order valence-corrected chi connectivity index (χ3v) is 5.61. The van der Waals surface area contributed by atoms with Gasteiger partial charge < -0.3 is 9.64 Å². The average Bonchev–Trinajstić information content (AvgIpc) is 2.85. The number of likely N-dealkylation sites (tertiary alicyclic amines) is 1. The average molecular weight is 339 g/mol. The molecule has 5 nitrogen and oxygen atoms in total. The van der Waals surface area contributed by atoms with E-state index in [9.17, 15) is 0 Å². The number of hydrogen-bond donors (Lipinski definition) is 0. The molecule has 0 aromatic carbocycles. The van der Waals surface area contributed by atoms with E-state index in [1.54, 1.807) is 11.3 Å². The van der Waals surface area contributed by atoms with Crippen LogP contribution in [0.2, 0.25) is 5.28 Å². The molecule has 0 saturated carbocycles. The number of hydrogen-bond acceptors (Lipinski definition) is 6. The van der Waals surface area contributed by atoms with Gasteiger partial charge in [0.2, 0.25) is 5.28 Å². The Morgan fingerprint density at radius 3 is 2.95 bits per heavy atom. The Labute approximate surface area is 138 Å². The van der Waals surface area contributed by atoms with Crippen molar-refractivity contribution in [2.75, 3.05) is 37.7 Å². The lowest BCUT2D eigenvalue weighted by Gasteiger charge is -2.34. The topological polar surface area (TPSA) is 41.5 Å². The molecule has 2 aromatic rings. The van der Waals surface area contributed by atoms with Crippen LogP contribution in [0.1, 0.15) is 18.9 Å². The van der Waals surface area contributed by atoms with Gasteiger partial charge >= 0.3 is 0 Å². The summed E-state index contributed by atoms with van der Waals surface area (Å²) >= 11 is 7.94. The Bertz CT molecular complexity index is 687. The zero-order chi connectivity index (χ0) is 15.1. The third kappa shape index (κ3) is 2.58. The zero-order valence-corrected chi connectivity index (χ0v) is 14.2. The van der Waals surface area contributed by atoms with E-state index in [0.29, 0.717) is 11.3 Å². The Balaban J connectivity index is 1.74. The summed E-state index contributed by atoms with van der Waals surface area (Å²) in [7, 11) is 0. The molecule has 118 valence electrons. The molecule has 2 fully saturated rings. The van der Waals surface area contributed by atoms with Crippen molar-refractivity contribution in [2.24, 2.45) is 0 Å². The molecule has 7 heteroatoms. The van der Waals surface area contributed by atoms with Gasteiger partial charge in [-0.2, -0.15) is 4.98 Å². The minimum atomic E-state index is 0.309. The van der Waals surface area contributed by atoms with Gasteiger partial charge in [0.1, 0.15) is 0 Å². The van der Waals surface area contributed by atoms with Crippen LogP contribution in [0.15, 0.2) is 5.38 Å². The summed E-state index contributed by atoms with van der Waals surface area (Å²) in [5.41, 5.74) is 2.29. The van der Waals surface area contributed by atoms with Crippen molar-refractivity contribution in [3.8, 4) is 0 Å². The maximum absolute atomic E-state index is 6.21. The number of anilines is 1. The fourth-order valence-electron chi connectivity index (χ4n) is 3.05. The van der Waals surface area contributed by atoms with Crippen molar-refractivity contribution in [2.45, 2.75) is 25.9 Å². The Hall–Kier alpha value is -0.950. The lowest BCUT2D eigenvalue weighted by Crippen LogP contribution is -2.44. The van der Waals surface area contributed by atoms with Crippen LogP contribution in [-0.2, 0) is 11.3 Å². The van der Waals surface area contributed by atoms with Gasteiger partial charge in [-0.15, -0.1) is 11.3 Å². The van der Waals surface area contributed by atoms with Crippen LogP contribution < -0.4 is 4.90 Å². The number of morpholine rings is 1. The molecule has 4 rings (SSSR count). The van der Waals surface area contributed by atoms with Gasteiger partial charge in [-0.05, 0) is 43.4 Å². The van der Waals surface area contributed by atoms with E-state index in [1.165, 1.54) is 25.1 Å². The predicted molar refractivity (Wildman–Crippen MR) is 89.9 cm³/mol. The van der Waals surface area contributed by atoms with Crippen molar-refractivity contribution in [1.82, 2.24) is 14.9 Å². The van der Waals surface area contributed by atoms with Crippen LogP contribution in [0.4, 0.5) is 5.82 Å². The summed E-state index contributed by atoms with van der Waals surface area (Å²) in [6, 6.07) is 0.309. The summed E-state index contributed by atoms with van der Waals surface area (Å²) < 4.78 is 6.68. The van der Waals surface area contributed by atoms with Crippen molar-refractivity contribution < 1.29 is 4.74 Å². The molecule has 2 aromatic heterocycles. The molecule has 0 aliphatic carbocycles. The first kappa shape index (κ1) is 14.6. The van der Waals surface area contributed by atoms with Crippen LogP contribution in [0.5, 0.6) is 0 Å². The summed E-state index contributed by atoms with van der Waals surface area (Å²) in [6.45, 7) is 7.81. The highest BCUT2D eigenvalue weighted by atomic mass is 35.5. The van der Waals surface area contributed by atoms with Gasteiger partial charge in [-0.1, -0.05) is 0 Å². The molecular formula is C15H19ClN4OS. The summed E-state index contributed by atoms with van der Waals surface area (Å²) in [5, 5.41) is 2.55. The smallest absolute Gasteiger partial charge is 0.224 e. The molecule has 2 aliphatic heterocycles. The Morgan fingerprint density at radius 1 is 1.36 bits per heavy atom. The molecule has 0 spiro atoms. The van der Waals surface area contributed by atoms with Crippen molar-refractivity contribution in [3.05, 3.63) is 16.2 Å². The summed E-state index contributed by atoms with van der Waals surface area (Å²) in [5.74, 6) is 0.964. The van der Waals surface area contributed by atoms with Gasteiger partial charge in [0.25, 0.3) is 0 Å². The molecule has 22 heavy (non-hydrogen) atoms. The molecule has 1 atom stereocenters. The first-order valence-electron chi connectivity index (χ1n) is 7.73. The second kappa shape index (κ2) is 5.92. The van der Waals surface area contributed by atoms with Gasteiger partial charge in [0.15, 0.2) is 5.82 Å². The predicted octanol–water partition coefficient (Wildman–Crippen LogP) is 2.78. The fourth-order valence-corrected chi connectivity index (χ4v) is 4.22. The SMILES string of the molecule is CC1COCCN1c1nc(Cl)nc2c(CN3CCC3)csc12. The molecule has 0 bridgehead atoms. The van der Waals surface area contributed by atoms with E-state index >= 15 is 0 Å². The minimum absolute atomic E-state index is 0.309. The first-order chi connectivity index (χ1) is 10.7. The molecule has 2 aliphatic rings. The maximum Gasteiger partial charge on any atom is 0.224 e. The maximum atomic E-state index is 6.21. The van der Waals surface area contributed by atoms with E-state index in [2.05, 4.69) is 32.1 Å². The zero-order valence-electron chi connectivity index (χ0n) is 12.6. The quantitative estimate of drug-likeness (QED) is 0.805. The largest absolute Gasteiger partial charge is 0.377 e. The Morgan fingerprint density at radius 2 is 2.23 bits per heavy atom. The van der Waals surface area contributed by atoms with Crippen LogP contribution >= 0.6 is 22.9 Å². The molecule has 2 saturated heterocycles. The number of ether oxygens (including phenoxy) is 1. The van der Waals surface area contributed by atoms with Gasteiger partial charge in [-0.3, -0.25) is 4.90 Å². The van der Waals surface area contributed by atoms with E-state index in [0.717, 1.165) is 42.3 Å². The van der Waals surface area contributed by atoms with E-state index in [1.807, 2.05) is 0 Å². The van der Waals surface area contributed by atoms with Crippen molar-refractivity contribution >= 4 is 39.0 Å². The van der Waals surface area contributed by atoms with Crippen LogP contribution in [0.25, 0.3) is 10.2 Å². The molecule has 4 heterocycles. The van der Waals surface area contributed by atoms with Crippen LogP contribution in [-0.4, -0.2) is 53.8 Å². The van der Waals surface area contributed by atoms with E-state index < -0.39 is 0 Å². The molecule has 0 amide bonds. The lowest BCUT2D eigenvalue weighted by atomic mass is 10.1. The second-order valence-electron chi connectivity index (χ2n) is 6.00. The lowest BCUT2D eigenvalue weighted by molar-refractivity contribution is 0.0987. The fraction of sp³-hybridized carbons (Fsp3) is 0.600. The number of nitrogens with zero attached hydrogens (tertiary/aromatic N) is 4. The van der Waals surface area contributed by atoms with Crippen molar-refractivity contribution in [3.63, 3.8) is 0 Å². The number of halogens is 1. The highest BCUT2D eigenvalue weighted by Crippen LogP contribution is 2.35. The second-order valence-corrected chi connectivity index (χ2v) is 7.22. The number of rotatable bonds is 3.